The van der Waals surface area contributed by atoms with E-state index in [4.69, 9.17) is 9.47 Å². The van der Waals surface area contributed by atoms with Gasteiger partial charge in [-0.2, -0.15) is 4.98 Å². The molecule has 1 aliphatic heterocycles. The lowest BCUT2D eigenvalue weighted by molar-refractivity contribution is -0.114. The monoisotopic (exact) mass is 458 g/mol. The van der Waals surface area contributed by atoms with Gasteiger partial charge in [0.2, 0.25) is 11.9 Å². The summed E-state index contributed by atoms with van der Waals surface area (Å²) in [7, 11) is 1.57. The summed E-state index contributed by atoms with van der Waals surface area (Å²) >= 11 is 0. The molecule has 1 saturated heterocycles. The van der Waals surface area contributed by atoms with E-state index in [0.29, 0.717) is 23.0 Å². The van der Waals surface area contributed by atoms with E-state index in [2.05, 4.69) is 37.7 Å². The van der Waals surface area contributed by atoms with Gasteiger partial charge >= 0.3 is 0 Å². The van der Waals surface area contributed by atoms with Crippen LogP contribution in [0.1, 0.15) is 6.92 Å². The summed E-state index contributed by atoms with van der Waals surface area (Å²) in [6, 6.07) is 19.7. The first kappa shape index (κ1) is 21.7. The fourth-order valence-electron chi connectivity index (χ4n) is 4.04. The number of aromatic nitrogens is 3. The van der Waals surface area contributed by atoms with Gasteiger partial charge in [0.25, 0.3) is 0 Å². The molecule has 9 heteroatoms. The van der Waals surface area contributed by atoms with Crippen molar-refractivity contribution in [3.05, 3.63) is 60.7 Å². The highest BCUT2D eigenvalue weighted by molar-refractivity contribution is 5.91. The van der Waals surface area contributed by atoms with Crippen molar-refractivity contribution in [1.29, 1.82) is 0 Å². The van der Waals surface area contributed by atoms with Crippen LogP contribution in [0.2, 0.25) is 0 Å². The van der Waals surface area contributed by atoms with Crippen molar-refractivity contribution < 1.29 is 14.3 Å². The smallest absolute Gasteiger partial charge is 0.247 e. The highest BCUT2D eigenvalue weighted by Crippen LogP contribution is 2.31. The van der Waals surface area contributed by atoms with Crippen LogP contribution in [0.3, 0.4) is 0 Å². The number of benzene rings is 2. The van der Waals surface area contributed by atoms with Crippen molar-refractivity contribution >= 4 is 34.6 Å². The van der Waals surface area contributed by atoms with Gasteiger partial charge in [-0.1, -0.05) is 6.07 Å². The van der Waals surface area contributed by atoms with Crippen LogP contribution in [0.25, 0.3) is 16.9 Å². The predicted octanol–water partition coefficient (Wildman–Crippen LogP) is 3.94. The topological polar surface area (TPSA) is 93.0 Å². The van der Waals surface area contributed by atoms with Gasteiger partial charge in [0.1, 0.15) is 5.75 Å². The molecule has 174 valence electrons. The molecule has 0 radical (unpaired) electrons. The standard InChI is InChI=1S/C25H26N6O3/c1-17(32)26-21-16-18(6-11-23(21)33-2)22-4-3-5-24-28-25(29-31(22)24)27-19-7-9-20(10-8-19)30-12-14-34-15-13-30/h3-11,16H,12-15H2,1-2H3,(H,26,32)(H,27,29). The molecule has 5 rings (SSSR count). The Bertz CT molecular complexity index is 1310. The normalized spacial score (nSPS) is 13.6. The molecule has 0 atom stereocenters. The third-order valence-electron chi connectivity index (χ3n) is 5.67. The molecule has 0 unspecified atom stereocenters. The summed E-state index contributed by atoms with van der Waals surface area (Å²) < 4.78 is 12.6. The lowest BCUT2D eigenvalue weighted by Gasteiger charge is -2.28. The molecule has 0 aliphatic carbocycles. The van der Waals surface area contributed by atoms with Gasteiger partial charge in [0.05, 0.1) is 31.7 Å². The van der Waals surface area contributed by atoms with Crippen LogP contribution < -0.4 is 20.3 Å². The third-order valence-corrected chi connectivity index (χ3v) is 5.67. The summed E-state index contributed by atoms with van der Waals surface area (Å²) in [6.07, 6.45) is 0. The zero-order valence-corrected chi connectivity index (χ0v) is 19.1. The van der Waals surface area contributed by atoms with E-state index in [1.807, 2.05) is 48.5 Å². The number of anilines is 4. The van der Waals surface area contributed by atoms with Crippen LogP contribution in [0.5, 0.6) is 5.75 Å². The minimum absolute atomic E-state index is 0.166. The largest absolute Gasteiger partial charge is 0.495 e. The maximum absolute atomic E-state index is 11.6. The average molecular weight is 459 g/mol. The van der Waals surface area contributed by atoms with Crippen molar-refractivity contribution in [3.8, 4) is 17.0 Å². The van der Waals surface area contributed by atoms with Gasteiger partial charge in [0, 0.05) is 37.0 Å². The van der Waals surface area contributed by atoms with E-state index in [-0.39, 0.29) is 5.91 Å². The van der Waals surface area contributed by atoms with Crippen LogP contribution in [0.15, 0.2) is 60.7 Å². The first-order chi connectivity index (χ1) is 16.6. The number of methoxy groups -OCH3 is 1. The zero-order chi connectivity index (χ0) is 23.5. The Morgan fingerprint density at radius 2 is 1.85 bits per heavy atom. The molecule has 3 heterocycles. The molecule has 1 aliphatic rings. The number of hydrogen-bond acceptors (Lipinski definition) is 7. The lowest BCUT2D eigenvalue weighted by Crippen LogP contribution is -2.36. The highest BCUT2D eigenvalue weighted by atomic mass is 16.5. The Labute approximate surface area is 197 Å². The molecule has 0 saturated carbocycles. The van der Waals surface area contributed by atoms with Gasteiger partial charge in [-0.3, -0.25) is 4.79 Å². The van der Waals surface area contributed by atoms with E-state index in [1.54, 1.807) is 11.6 Å². The van der Waals surface area contributed by atoms with Gasteiger partial charge in [0.15, 0.2) is 5.65 Å². The van der Waals surface area contributed by atoms with E-state index < -0.39 is 0 Å². The number of pyridine rings is 1. The molecule has 0 spiro atoms. The number of carbonyl (C=O) groups excluding carboxylic acids is 1. The quantitative estimate of drug-likeness (QED) is 0.452. The molecular formula is C25H26N6O3. The van der Waals surface area contributed by atoms with Gasteiger partial charge in [-0.25, -0.2) is 4.52 Å². The van der Waals surface area contributed by atoms with Crippen molar-refractivity contribution in [1.82, 2.24) is 14.6 Å². The van der Waals surface area contributed by atoms with Gasteiger partial charge in [-0.05, 0) is 54.6 Å². The van der Waals surface area contributed by atoms with E-state index in [9.17, 15) is 4.79 Å². The van der Waals surface area contributed by atoms with E-state index in [0.717, 1.165) is 43.2 Å². The van der Waals surface area contributed by atoms with E-state index >= 15 is 0 Å². The number of fused-ring (bicyclic) bond motifs is 1. The molecule has 2 aromatic heterocycles. The van der Waals surface area contributed by atoms with Crippen molar-refractivity contribution in [2.45, 2.75) is 6.92 Å². The minimum atomic E-state index is -0.166. The van der Waals surface area contributed by atoms with Gasteiger partial charge < -0.3 is 25.0 Å². The Kier molecular flexibility index (Phi) is 6.01. The number of amides is 1. The number of rotatable bonds is 6. The Morgan fingerprint density at radius 1 is 1.06 bits per heavy atom. The maximum atomic E-state index is 11.6. The fourth-order valence-corrected chi connectivity index (χ4v) is 4.04. The molecule has 0 bridgehead atoms. The Hall–Kier alpha value is -4.11. The zero-order valence-electron chi connectivity index (χ0n) is 19.1. The van der Waals surface area contributed by atoms with Crippen LogP contribution in [-0.2, 0) is 9.53 Å². The number of nitrogens with zero attached hydrogens (tertiary/aromatic N) is 4. The summed E-state index contributed by atoms with van der Waals surface area (Å²) in [4.78, 5) is 18.6. The second-order valence-corrected chi connectivity index (χ2v) is 7.98. The molecule has 2 N–H and O–H groups in total. The first-order valence-corrected chi connectivity index (χ1v) is 11.1. The molecule has 4 aromatic rings. The van der Waals surface area contributed by atoms with Crippen LogP contribution in [0.4, 0.5) is 23.0 Å². The number of carbonyl (C=O) groups is 1. The molecule has 9 nitrogen and oxygen atoms in total. The fraction of sp³-hybridized carbons (Fsp3) is 0.240. The minimum Gasteiger partial charge on any atom is -0.495 e. The van der Waals surface area contributed by atoms with Crippen molar-refractivity contribution in [2.24, 2.45) is 0 Å². The summed E-state index contributed by atoms with van der Waals surface area (Å²) in [5.74, 6) is 0.926. The van der Waals surface area contributed by atoms with E-state index in [1.165, 1.54) is 12.6 Å². The molecular weight excluding hydrogens is 432 g/mol. The molecule has 1 amide bonds. The second-order valence-electron chi connectivity index (χ2n) is 7.98. The van der Waals surface area contributed by atoms with Crippen molar-refractivity contribution in [2.75, 3.05) is 48.9 Å². The number of nitrogens with one attached hydrogen (secondary N) is 2. The molecule has 34 heavy (non-hydrogen) atoms. The van der Waals surface area contributed by atoms with Crippen LogP contribution in [0, 0.1) is 0 Å². The summed E-state index contributed by atoms with van der Waals surface area (Å²) in [5, 5.41) is 10.8. The van der Waals surface area contributed by atoms with Gasteiger partial charge in [-0.15, -0.1) is 5.10 Å². The molecule has 2 aromatic carbocycles. The Balaban J connectivity index is 1.41. The average Bonchev–Trinajstić information content (AvgIpc) is 3.27. The SMILES string of the molecule is COc1ccc(-c2cccc3nc(Nc4ccc(N5CCOCC5)cc4)nn23)cc1NC(C)=O. The predicted molar refractivity (Wildman–Crippen MR) is 132 cm³/mol. The number of morpholine rings is 1. The summed E-state index contributed by atoms with van der Waals surface area (Å²) in [6.45, 7) is 4.79. The number of hydrogen-bond donors (Lipinski definition) is 2. The maximum Gasteiger partial charge on any atom is 0.247 e. The Morgan fingerprint density at radius 3 is 2.59 bits per heavy atom. The summed E-state index contributed by atoms with van der Waals surface area (Å²) in [5.41, 5.74) is 5.11. The van der Waals surface area contributed by atoms with Crippen LogP contribution in [-0.4, -0.2) is 53.9 Å². The molecule has 1 fully saturated rings. The lowest BCUT2D eigenvalue weighted by atomic mass is 10.1. The van der Waals surface area contributed by atoms with Crippen molar-refractivity contribution in [3.63, 3.8) is 0 Å². The second kappa shape index (κ2) is 9.40. The number of ether oxygens (including phenoxy) is 2. The van der Waals surface area contributed by atoms with Crippen LogP contribution >= 0.6 is 0 Å². The third kappa shape index (κ3) is 4.51. The first-order valence-electron chi connectivity index (χ1n) is 11.1. The highest BCUT2D eigenvalue weighted by Gasteiger charge is 2.14.